The summed E-state index contributed by atoms with van der Waals surface area (Å²) in [7, 11) is 0. The quantitative estimate of drug-likeness (QED) is 0.759. The van der Waals surface area contributed by atoms with Crippen molar-refractivity contribution in [2.75, 3.05) is 11.4 Å². The number of carbonyl (C=O) groups is 2. The summed E-state index contributed by atoms with van der Waals surface area (Å²) >= 11 is 0. The molecule has 84 valence electrons. The third kappa shape index (κ3) is 1.48. The summed E-state index contributed by atoms with van der Waals surface area (Å²) in [5.74, 6) is -2.63. The number of anilines is 1. The maximum Gasteiger partial charge on any atom is 0.411 e. The smallest absolute Gasteiger partial charge is 0.411 e. The molecular formula is C10H8FNO4. The van der Waals surface area contributed by atoms with Gasteiger partial charge >= 0.3 is 12.1 Å². The third-order valence-electron chi connectivity index (χ3n) is 2.55. The number of halogens is 1. The number of amides is 1. The van der Waals surface area contributed by atoms with E-state index in [0.717, 1.165) is 17.0 Å². The molecule has 2 rings (SSSR count). The SMILES string of the molecule is O=C(O)C1CN(C(=O)O)c2cc(F)ccc21. The number of fused-ring (bicyclic) bond motifs is 1. The Morgan fingerprint density at radius 3 is 2.62 bits per heavy atom. The second-order valence-electron chi connectivity index (χ2n) is 3.49. The summed E-state index contributed by atoms with van der Waals surface area (Å²) in [5, 5.41) is 17.8. The summed E-state index contributed by atoms with van der Waals surface area (Å²) in [5.41, 5.74) is 0.441. The van der Waals surface area contributed by atoms with Gasteiger partial charge in [-0.25, -0.2) is 9.18 Å². The van der Waals surface area contributed by atoms with Crippen molar-refractivity contribution in [1.29, 1.82) is 0 Å². The minimum atomic E-state index is -1.28. The van der Waals surface area contributed by atoms with Gasteiger partial charge in [0, 0.05) is 6.54 Å². The molecule has 1 aliphatic heterocycles. The second-order valence-corrected chi connectivity index (χ2v) is 3.49. The van der Waals surface area contributed by atoms with Crippen LogP contribution in [-0.2, 0) is 4.79 Å². The maximum absolute atomic E-state index is 13.0. The second kappa shape index (κ2) is 3.48. The zero-order chi connectivity index (χ0) is 11.9. The maximum atomic E-state index is 13.0. The van der Waals surface area contributed by atoms with Crippen LogP contribution in [0, 0.1) is 5.82 Å². The predicted molar refractivity (Wildman–Crippen MR) is 52.1 cm³/mol. The standard InChI is InChI=1S/C10H8FNO4/c11-5-1-2-6-7(9(13)14)4-12(10(15)16)8(6)3-5/h1-3,7H,4H2,(H,13,14)(H,15,16). The van der Waals surface area contributed by atoms with E-state index in [2.05, 4.69) is 0 Å². The Hall–Kier alpha value is -2.11. The molecule has 1 heterocycles. The molecule has 1 aromatic rings. The van der Waals surface area contributed by atoms with Crippen molar-refractivity contribution in [1.82, 2.24) is 0 Å². The number of hydrogen-bond donors (Lipinski definition) is 2. The first-order valence-corrected chi connectivity index (χ1v) is 4.53. The molecule has 6 heteroatoms. The minimum absolute atomic E-state index is 0.111. The van der Waals surface area contributed by atoms with E-state index in [4.69, 9.17) is 10.2 Å². The van der Waals surface area contributed by atoms with Crippen molar-refractivity contribution in [3.63, 3.8) is 0 Å². The van der Waals surface area contributed by atoms with Crippen molar-refractivity contribution in [2.45, 2.75) is 5.92 Å². The fourth-order valence-corrected chi connectivity index (χ4v) is 1.82. The van der Waals surface area contributed by atoms with Crippen LogP contribution in [-0.4, -0.2) is 28.8 Å². The van der Waals surface area contributed by atoms with Gasteiger partial charge in [0.15, 0.2) is 0 Å². The molecule has 1 amide bonds. The minimum Gasteiger partial charge on any atom is -0.481 e. The summed E-state index contributed by atoms with van der Waals surface area (Å²) in [6.45, 7) is -0.177. The normalized spacial score (nSPS) is 18.3. The van der Waals surface area contributed by atoms with Gasteiger partial charge < -0.3 is 10.2 Å². The lowest BCUT2D eigenvalue weighted by atomic mass is 10.0. The zero-order valence-electron chi connectivity index (χ0n) is 8.05. The molecular weight excluding hydrogens is 217 g/mol. The molecule has 0 spiro atoms. The average molecular weight is 225 g/mol. The van der Waals surface area contributed by atoms with E-state index in [1.807, 2.05) is 0 Å². The molecule has 0 fully saturated rings. The molecule has 16 heavy (non-hydrogen) atoms. The number of carboxylic acid groups (broad SMARTS) is 2. The molecule has 0 aliphatic carbocycles. The first-order chi connectivity index (χ1) is 7.50. The Labute approximate surface area is 89.7 Å². The number of aliphatic carboxylic acids is 1. The number of rotatable bonds is 1. The van der Waals surface area contributed by atoms with Crippen LogP contribution in [0.4, 0.5) is 14.9 Å². The Balaban J connectivity index is 2.52. The summed E-state index contributed by atoms with van der Waals surface area (Å²) in [6, 6.07) is 3.47. The summed E-state index contributed by atoms with van der Waals surface area (Å²) < 4.78 is 13.0. The van der Waals surface area contributed by atoms with Gasteiger partial charge in [0.25, 0.3) is 0 Å². The van der Waals surface area contributed by atoms with Crippen LogP contribution in [0.5, 0.6) is 0 Å². The number of hydrogen-bond acceptors (Lipinski definition) is 2. The van der Waals surface area contributed by atoms with Gasteiger partial charge in [-0.2, -0.15) is 0 Å². The third-order valence-corrected chi connectivity index (χ3v) is 2.55. The first kappa shape index (κ1) is 10.4. The van der Waals surface area contributed by atoms with Crippen molar-refractivity contribution < 1.29 is 24.2 Å². The average Bonchev–Trinajstić information content (AvgIpc) is 2.56. The summed E-state index contributed by atoms with van der Waals surface area (Å²) in [4.78, 5) is 22.6. The van der Waals surface area contributed by atoms with Crippen LogP contribution in [0.15, 0.2) is 18.2 Å². The van der Waals surface area contributed by atoms with E-state index < -0.39 is 23.8 Å². The summed E-state index contributed by atoms with van der Waals surface area (Å²) in [6.07, 6.45) is -1.28. The monoisotopic (exact) mass is 225 g/mol. The topological polar surface area (TPSA) is 77.8 Å². The highest BCUT2D eigenvalue weighted by molar-refractivity contribution is 5.94. The molecule has 2 N–H and O–H groups in total. The largest absolute Gasteiger partial charge is 0.481 e. The van der Waals surface area contributed by atoms with Crippen molar-refractivity contribution in [2.24, 2.45) is 0 Å². The number of carboxylic acids is 1. The van der Waals surface area contributed by atoms with Gasteiger partial charge in [-0.3, -0.25) is 9.69 Å². The molecule has 0 saturated heterocycles. The highest BCUT2D eigenvalue weighted by Gasteiger charge is 2.36. The van der Waals surface area contributed by atoms with Gasteiger partial charge in [0.05, 0.1) is 5.69 Å². The molecule has 0 saturated carbocycles. The van der Waals surface area contributed by atoms with Gasteiger partial charge in [0.1, 0.15) is 11.7 Å². The zero-order valence-corrected chi connectivity index (χ0v) is 8.05. The molecule has 1 aromatic carbocycles. The van der Waals surface area contributed by atoms with Gasteiger partial charge in [0.2, 0.25) is 0 Å². The van der Waals surface area contributed by atoms with Crippen LogP contribution >= 0.6 is 0 Å². The van der Waals surface area contributed by atoms with Crippen LogP contribution in [0.3, 0.4) is 0 Å². The van der Waals surface area contributed by atoms with Crippen LogP contribution < -0.4 is 4.90 Å². The fourth-order valence-electron chi connectivity index (χ4n) is 1.82. The highest BCUT2D eigenvalue weighted by Crippen LogP contribution is 2.36. The Morgan fingerprint density at radius 1 is 1.38 bits per heavy atom. The van der Waals surface area contributed by atoms with Crippen LogP contribution in [0.2, 0.25) is 0 Å². The van der Waals surface area contributed by atoms with E-state index in [0.29, 0.717) is 5.56 Å². The lowest BCUT2D eigenvalue weighted by molar-refractivity contribution is -0.138. The van der Waals surface area contributed by atoms with Crippen LogP contribution in [0.25, 0.3) is 0 Å². The highest BCUT2D eigenvalue weighted by atomic mass is 19.1. The molecule has 1 unspecified atom stereocenters. The predicted octanol–water partition coefficient (Wildman–Crippen LogP) is 1.49. The van der Waals surface area contributed by atoms with E-state index in [9.17, 15) is 14.0 Å². The Bertz CT molecular complexity index is 474. The first-order valence-electron chi connectivity index (χ1n) is 4.53. The van der Waals surface area contributed by atoms with Gasteiger partial charge in [-0.05, 0) is 17.7 Å². The molecule has 0 bridgehead atoms. The molecule has 1 aliphatic rings. The Kier molecular flexibility index (Phi) is 2.26. The van der Waals surface area contributed by atoms with Gasteiger partial charge in [-0.15, -0.1) is 0 Å². The van der Waals surface area contributed by atoms with E-state index in [1.165, 1.54) is 6.07 Å². The molecule has 5 nitrogen and oxygen atoms in total. The van der Waals surface area contributed by atoms with Crippen molar-refractivity contribution >= 4 is 17.7 Å². The Morgan fingerprint density at radius 2 is 2.06 bits per heavy atom. The molecule has 0 radical (unpaired) electrons. The molecule has 1 atom stereocenters. The lowest BCUT2D eigenvalue weighted by Gasteiger charge is -2.12. The van der Waals surface area contributed by atoms with Crippen LogP contribution in [0.1, 0.15) is 11.5 Å². The van der Waals surface area contributed by atoms with Crippen molar-refractivity contribution in [3.05, 3.63) is 29.6 Å². The number of nitrogens with zero attached hydrogens (tertiary/aromatic N) is 1. The number of benzene rings is 1. The molecule has 0 aromatic heterocycles. The van der Waals surface area contributed by atoms with Crippen molar-refractivity contribution in [3.8, 4) is 0 Å². The van der Waals surface area contributed by atoms with E-state index in [-0.39, 0.29) is 12.2 Å². The fraction of sp³-hybridized carbons (Fsp3) is 0.200. The lowest BCUT2D eigenvalue weighted by Crippen LogP contribution is -2.29. The van der Waals surface area contributed by atoms with E-state index >= 15 is 0 Å². The van der Waals surface area contributed by atoms with E-state index in [1.54, 1.807) is 0 Å². The van der Waals surface area contributed by atoms with Gasteiger partial charge in [-0.1, -0.05) is 6.07 Å².